The van der Waals surface area contributed by atoms with E-state index in [2.05, 4.69) is 36.5 Å². The molecular formula is C40H59N3O7. The van der Waals surface area contributed by atoms with Crippen LogP contribution in [0.3, 0.4) is 0 Å². The fourth-order valence-electron chi connectivity index (χ4n) is 6.85. The lowest BCUT2D eigenvalue weighted by molar-refractivity contribution is -0.146. The zero-order valence-electron chi connectivity index (χ0n) is 30.0. The first-order valence-corrected chi connectivity index (χ1v) is 18.9. The second kappa shape index (κ2) is 22.7. The standard InChI is InChI=1S/C40H59N3O7/c1-2-3-4-5-6-7-8-9-10-11-12-13-14-15-16-21-38(47)42-28-18-20-35(42)39(48)43-29-17-19-34(43)36(45)26-27-37(46)41-33(40(49)50)30-31-22-24-32(44)25-23-31/h6-7,9-10,22-25,33-35,44H,2-5,8,11-21,26-30H2,1H3,(H,41,46)(H,49,50)/b7-6-,10-9-/t33-,34-,35?/m0/s1. The number of nitrogens with one attached hydrogen (secondary N) is 1. The third-order valence-electron chi connectivity index (χ3n) is 9.71. The number of carboxylic acids is 1. The Morgan fingerprint density at radius 2 is 1.40 bits per heavy atom. The van der Waals surface area contributed by atoms with E-state index in [-0.39, 0.29) is 42.6 Å². The van der Waals surface area contributed by atoms with E-state index in [4.69, 9.17) is 0 Å². The minimum atomic E-state index is -1.20. The summed E-state index contributed by atoms with van der Waals surface area (Å²) < 4.78 is 0. The van der Waals surface area contributed by atoms with Crippen molar-refractivity contribution in [2.24, 2.45) is 0 Å². The summed E-state index contributed by atoms with van der Waals surface area (Å²) >= 11 is 0. The van der Waals surface area contributed by atoms with Crippen LogP contribution in [0.1, 0.15) is 128 Å². The van der Waals surface area contributed by atoms with Crippen molar-refractivity contribution in [2.75, 3.05) is 13.1 Å². The Hall–Kier alpha value is -3.95. The van der Waals surface area contributed by atoms with E-state index in [1.165, 1.54) is 37.8 Å². The Balaban J connectivity index is 1.35. The number of allylic oxidation sites excluding steroid dienone is 4. The normalized spacial score (nSPS) is 18.3. The van der Waals surface area contributed by atoms with Gasteiger partial charge in [-0.25, -0.2) is 4.79 Å². The summed E-state index contributed by atoms with van der Waals surface area (Å²) in [4.78, 5) is 67.7. The zero-order valence-corrected chi connectivity index (χ0v) is 30.0. The lowest BCUT2D eigenvalue weighted by Gasteiger charge is -2.31. The van der Waals surface area contributed by atoms with E-state index in [1.807, 2.05) is 0 Å². The van der Waals surface area contributed by atoms with Gasteiger partial charge in [-0.05, 0) is 81.9 Å². The maximum absolute atomic E-state index is 13.7. The monoisotopic (exact) mass is 693 g/mol. The number of phenolic OH excluding ortho intramolecular Hbond substituents is 1. The van der Waals surface area contributed by atoms with Crippen molar-refractivity contribution in [3.63, 3.8) is 0 Å². The molecule has 2 aliphatic rings. The van der Waals surface area contributed by atoms with Crippen LogP contribution in [0, 0.1) is 0 Å². The maximum atomic E-state index is 13.7. The molecule has 0 radical (unpaired) electrons. The molecule has 3 rings (SSSR count). The van der Waals surface area contributed by atoms with Crippen LogP contribution in [0.4, 0.5) is 0 Å². The quantitative estimate of drug-likeness (QED) is 0.0860. The van der Waals surface area contributed by atoms with Crippen molar-refractivity contribution in [1.82, 2.24) is 15.1 Å². The summed E-state index contributed by atoms with van der Waals surface area (Å²) in [5, 5.41) is 21.5. The van der Waals surface area contributed by atoms with Crippen LogP contribution in [0.2, 0.25) is 0 Å². The highest BCUT2D eigenvalue weighted by Gasteiger charge is 2.41. The summed E-state index contributed by atoms with van der Waals surface area (Å²) in [5.74, 6) is -2.10. The molecule has 2 heterocycles. The number of likely N-dealkylation sites (tertiary alicyclic amines) is 2. The molecule has 1 unspecified atom stereocenters. The highest BCUT2D eigenvalue weighted by molar-refractivity contribution is 5.95. The van der Waals surface area contributed by atoms with Gasteiger partial charge < -0.3 is 25.3 Å². The molecule has 10 nitrogen and oxygen atoms in total. The number of carbonyl (C=O) groups excluding carboxylic acids is 4. The van der Waals surface area contributed by atoms with Gasteiger partial charge in [0.05, 0.1) is 6.04 Å². The molecule has 10 heteroatoms. The molecule has 3 N–H and O–H groups in total. The van der Waals surface area contributed by atoms with Crippen molar-refractivity contribution in [2.45, 2.75) is 147 Å². The SMILES string of the molecule is CCCCC/C=C\C/C=C\CCCCCCCC(=O)N1CCCC1C(=O)N1CCC[C@H]1C(=O)CCC(=O)N[C@@H](Cc1ccc(O)cc1)C(=O)O. The van der Waals surface area contributed by atoms with Gasteiger partial charge in [0, 0.05) is 38.8 Å². The minimum Gasteiger partial charge on any atom is -0.508 e. The molecule has 2 aliphatic heterocycles. The van der Waals surface area contributed by atoms with Crippen LogP contribution in [-0.2, 0) is 30.4 Å². The van der Waals surface area contributed by atoms with Crippen LogP contribution < -0.4 is 5.32 Å². The predicted octanol–water partition coefficient (Wildman–Crippen LogP) is 6.65. The van der Waals surface area contributed by atoms with Gasteiger partial charge in [0.25, 0.3) is 0 Å². The number of carbonyl (C=O) groups is 5. The number of aliphatic carboxylic acids is 1. The smallest absolute Gasteiger partial charge is 0.326 e. The number of phenols is 1. The van der Waals surface area contributed by atoms with E-state index in [0.717, 1.165) is 51.4 Å². The number of carboxylic acid groups (broad SMARTS) is 1. The lowest BCUT2D eigenvalue weighted by atomic mass is 10.0. The Morgan fingerprint density at radius 3 is 2.08 bits per heavy atom. The number of Topliss-reactive ketones (excluding diaryl/α,β-unsaturated/α-hetero) is 1. The molecule has 3 amide bonds. The van der Waals surface area contributed by atoms with Gasteiger partial charge in [-0.3, -0.25) is 19.2 Å². The van der Waals surface area contributed by atoms with Crippen molar-refractivity contribution >= 4 is 29.5 Å². The van der Waals surface area contributed by atoms with Gasteiger partial charge in [0.2, 0.25) is 17.7 Å². The lowest BCUT2D eigenvalue weighted by Crippen LogP contribution is -2.51. The number of amides is 3. The molecule has 3 atom stereocenters. The first-order chi connectivity index (χ1) is 24.2. The molecule has 2 fully saturated rings. The number of benzene rings is 1. The highest BCUT2D eigenvalue weighted by atomic mass is 16.4. The van der Waals surface area contributed by atoms with Crippen LogP contribution in [0.25, 0.3) is 0 Å². The van der Waals surface area contributed by atoms with E-state index in [1.54, 1.807) is 21.9 Å². The van der Waals surface area contributed by atoms with Gasteiger partial charge in [0.1, 0.15) is 17.8 Å². The number of hydrogen-bond acceptors (Lipinski definition) is 6. The molecular weight excluding hydrogens is 634 g/mol. The molecule has 1 aromatic carbocycles. The van der Waals surface area contributed by atoms with Gasteiger partial charge in [-0.15, -0.1) is 0 Å². The number of rotatable bonds is 23. The maximum Gasteiger partial charge on any atom is 0.326 e. The average Bonchev–Trinajstić information content (AvgIpc) is 3.80. The Bertz CT molecular complexity index is 1290. The van der Waals surface area contributed by atoms with Gasteiger partial charge in [-0.2, -0.15) is 0 Å². The first kappa shape index (κ1) is 40.5. The van der Waals surface area contributed by atoms with E-state index in [0.29, 0.717) is 44.3 Å². The van der Waals surface area contributed by atoms with Crippen molar-refractivity contribution in [3.8, 4) is 5.75 Å². The van der Waals surface area contributed by atoms with Gasteiger partial charge in [-0.1, -0.05) is 75.5 Å². The first-order valence-electron chi connectivity index (χ1n) is 18.9. The summed E-state index contributed by atoms with van der Waals surface area (Å²) in [6.07, 6.45) is 24.0. The van der Waals surface area contributed by atoms with E-state index >= 15 is 0 Å². The molecule has 0 spiro atoms. The van der Waals surface area contributed by atoms with E-state index in [9.17, 15) is 34.2 Å². The number of ketones is 1. The van der Waals surface area contributed by atoms with Crippen LogP contribution in [-0.4, -0.2) is 80.7 Å². The fraction of sp³-hybridized carbons (Fsp3) is 0.625. The zero-order chi connectivity index (χ0) is 36.1. The average molecular weight is 694 g/mol. The minimum absolute atomic E-state index is 0.00515. The largest absolute Gasteiger partial charge is 0.508 e. The Kier molecular flexibility index (Phi) is 18.4. The van der Waals surface area contributed by atoms with Gasteiger partial charge in [0.15, 0.2) is 5.78 Å². The number of unbranched alkanes of at least 4 members (excludes halogenated alkanes) is 8. The second-order valence-electron chi connectivity index (χ2n) is 13.7. The van der Waals surface area contributed by atoms with Crippen LogP contribution in [0.15, 0.2) is 48.6 Å². The Morgan fingerprint density at radius 1 is 0.780 bits per heavy atom. The third kappa shape index (κ3) is 14.1. The fourth-order valence-corrected chi connectivity index (χ4v) is 6.85. The number of hydrogen-bond donors (Lipinski definition) is 3. The molecule has 0 aliphatic carbocycles. The van der Waals surface area contributed by atoms with Crippen molar-refractivity contribution in [3.05, 3.63) is 54.1 Å². The Labute approximate surface area is 298 Å². The topological polar surface area (TPSA) is 144 Å². The summed E-state index contributed by atoms with van der Waals surface area (Å²) in [6, 6.07) is 3.70. The molecule has 0 bridgehead atoms. The summed E-state index contributed by atoms with van der Waals surface area (Å²) in [7, 11) is 0. The predicted molar refractivity (Wildman–Crippen MR) is 194 cm³/mol. The van der Waals surface area contributed by atoms with Crippen LogP contribution in [0.5, 0.6) is 5.75 Å². The third-order valence-corrected chi connectivity index (χ3v) is 9.71. The number of nitrogens with zero attached hydrogens (tertiary/aromatic N) is 2. The van der Waals surface area contributed by atoms with Crippen molar-refractivity contribution in [1.29, 1.82) is 0 Å². The van der Waals surface area contributed by atoms with Gasteiger partial charge >= 0.3 is 5.97 Å². The second-order valence-corrected chi connectivity index (χ2v) is 13.7. The molecule has 0 saturated carbocycles. The van der Waals surface area contributed by atoms with E-state index < -0.39 is 30.0 Å². The van der Waals surface area contributed by atoms with Crippen LogP contribution >= 0.6 is 0 Å². The van der Waals surface area contributed by atoms with Crippen molar-refractivity contribution < 1.29 is 34.2 Å². The molecule has 50 heavy (non-hydrogen) atoms. The molecule has 0 aromatic heterocycles. The summed E-state index contributed by atoms with van der Waals surface area (Å²) in [6.45, 7) is 3.22. The highest BCUT2D eigenvalue weighted by Crippen LogP contribution is 2.27. The molecule has 2 saturated heterocycles. The summed E-state index contributed by atoms with van der Waals surface area (Å²) in [5.41, 5.74) is 0.636. The molecule has 276 valence electrons. The number of aromatic hydroxyl groups is 1. The molecule has 1 aromatic rings.